The predicted octanol–water partition coefficient (Wildman–Crippen LogP) is 2.66. The van der Waals surface area contributed by atoms with Crippen LogP contribution in [0.1, 0.15) is 55.7 Å². The maximum absolute atomic E-state index is 12.1. The minimum Gasteiger partial charge on any atom is -0.384 e. The molecule has 1 aromatic carbocycles. The highest BCUT2D eigenvalue weighted by Gasteiger charge is 2.22. The number of nitrogens with one attached hydrogen (secondary N) is 1. The average molecular weight is 315 g/mol. The summed E-state index contributed by atoms with van der Waals surface area (Å²) >= 11 is 0. The number of rotatable bonds is 5. The summed E-state index contributed by atoms with van der Waals surface area (Å²) in [5.41, 5.74) is 8.46. The number of fused-ring (bicyclic) bond motifs is 1. The molecule has 1 amide bonds. The number of carbonyl (C=O) groups is 1. The van der Waals surface area contributed by atoms with Gasteiger partial charge in [0.1, 0.15) is 5.84 Å². The predicted molar refractivity (Wildman–Crippen MR) is 89.8 cm³/mol. The zero-order valence-corrected chi connectivity index (χ0v) is 13.5. The molecule has 0 aliphatic heterocycles. The van der Waals surface area contributed by atoms with Crippen LogP contribution in [0.5, 0.6) is 0 Å². The second-order valence-electron chi connectivity index (χ2n) is 6.48. The van der Waals surface area contributed by atoms with Crippen molar-refractivity contribution in [3.63, 3.8) is 0 Å². The van der Waals surface area contributed by atoms with Crippen LogP contribution in [0, 0.1) is 5.92 Å². The number of benzene rings is 1. The third kappa shape index (κ3) is 4.03. The Morgan fingerprint density at radius 1 is 1.22 bits per heavy atom. The van der Waals surface area contributed by atoms with Gasteiger partial charge in [-0.3, -0.25) is 4.79 Å². The van der Waals surface area contributed by atoms with Gasteiger partial charge in [-0.2, -0.15) is 0 Å². The van der Waals surface area contributed by atoms with Crippen molar-refractivity contribution in [2.75, 3.05) is 6.61 Å². The Hall–Kier alpha value is -2.04. The number of hydrogen-bond donors (Lipinski definition) is 2. The smallest absolute Gasteiger partial charge is 0.261 e. The molecule has 2 aliphatic carbocycles. The molecule has 0 radical (unpaired) electrons. The summed E-state index contributed by atoms with van der Waals surface area (Å²) in [5.74, 6) is 0.705. The van der Waals surface area contributed by atoms with Gasteiger partial charge in [0.2, 0.25) is 0 Å². The zero-order chi connectivity index (χ0) is 16.1. The Morgan fingerprint density at radius 2 is 2.00 bits per heavy atom. The molecule has 0 spiro atoms. The van der Waals surface area contributed by atoms with Crippen LogP contribution in [0.2, 0.25) is 0 Å². The summed E-state index contributed by atoms with van der Waals surface area (Å²) < 4.78 is 0. The topological polar surface area (TPSA) is 76.7 Å². The first kappa shape index (κ1) is 15.8. The molecule has 2 aliphatic rings. The first-order valence-corrected chi connectivity index (χ1v) is 8.56. The second-order valence-corrected chi connectivity index (χ2v) is 6.48. The summed E-state index contributed by atoms with van der Waals surface area (Å²) in [5, 5.41) is 6.96. The average Bonchev–Trinajstić information content (AvgIpc) is 3.10. The normalized spacial score (nSPS) is 21.7. The molecule has 0 aromatic heterocycles. The van der Waals surface area contributed by atoms with E-state index in [0.29, 0.717) is 11.8 Å². The van der Waals surface area contributed by atoms with Gasteiger partial charge < -0.3 is 15.9 Å². The highest BCUT2D eigenvalue weighted by Crippen LogP contribution is 2.29. The van der Waals surface area contributed by atoms with Crippen LogP contribution in [0.15, 0.2) is 29.4 Å². The fourth-order valence-corrected chi connectivity index (χ4v) is 3.60. The van der Waals surface area contributed by atoms with E-state index in [1.807, 2.05) is 12.1 Å². The Morgan fingerprint density at radius 3 is 2.83 bits per heavy atom. The van der Waals surface area contributed by atoms with Gasteiger partial charge in [0, 0.05) is 5.92 Å². The first-order chi connectivity index (χ1) is 11.2. The van der Waals surface area contributed by atoms with E-state index in [1.165, 1.54) is 24.0 Å². The van der Waals surface area contributed by atoms with Gasteiger partial charge in [-0.25, -0.2) is 0 Å². The number of hydrogen-bond acceptors (Lipinski definition) is 3. The first-order valence-electron chi connectivity index (χ1n) is 8.56. The number of oxime groups is 1. The van der Waals surface area contributed by atoms with Crippen LogP contribution >= 0.6 is 0 Å². The van der Waals surface area contributed by atoms with Crippen molar-refractivity contribution in [2.24, 2.45) is 16.8 Å². The van der Waals surface area contributed by atoms with E-state index in [2.05, 4.69) is 22.6 Å². The molecule has 0 heterocycles. The molecule has 1 aromatic rings. The molecule has 5 nitrogen and oxygen atoms in total. The van der Waals surface area contributed by atoms with E-state index in [4.69, 9.17) is 10.6 Å². The van der Waals surface area contributed by atoms with Crippen molar-refractivity contribution in [1.29, 1.82) is 0 Å². The fraction of sp³-hybridized carbons (Fsp3) is 0.556. The lowest BCUT2D eigenvalue weighted by Gasteiger charge is -2.26. The zero-order valence-electron chi connectivity index (χ0n) is 13.5. The highest BCUT2D eigenvalue weighted by molar-refractivity contribution is 5.82. The summed E-state index contributed by atoms with van der Waals surface area (Å²) in [6.45, 7) is -0.0773. The van der Waals surface area contributed by atoms with E-state index in [1.54, 1.807) is 0 Å². The number of nitrogens with two attached hydrogens (primary N) is 1. The van der Waals surface area contributed by atoms with Crippen LogP contribution in [0.25, 0.3) is 0 Å². The maximum Gasteiger partial charge on any atom is 0.261 e. The van der Waals surface area contributed by atoms with Crippen LogP contribution in [0.4, 0.5) is 0 Å². The Balaban J connectivity index is 1.49. The van der Waals surface area contributed by atoms with E-state index in [-0.39, 0.29) is 18.6 Å². The van der Waals surface area contributed by atoms with Gasteiger partial charge in [0.15, 0.2) is 6.61 Å². The van der Waals surface area contributed by atoms with Crippen molar-refractivity contribution >= 4 is 11.7 Å². The lowest BCUT2D eigenvalue weighted by atomic mass is 9.88. The molecule has 1 atom stereocenters. The minimum atomic E-state index is -0.144. The number of amides is 1. The number of aryl methyl sites for hydroxylation is 1. The van der Waals surface area contributed by atoms with Gasteiger partial charge in [-0.05, 0) is 43.2 Å². The molecule has 124 valence electrons. The standard InChI is InChI=1S/C18H25N3O2/c19-18(14-7-1-2-8-14)21-23-12-17(22)20-16-11-5-9-13-6-3-4-10-15(13)16/h3-4,6,10,14,16H,1-2,5,7-9,11-12H2,(H2,19,21)(H,20,22). The van der Waals surface area contributed by atoms with Gasteiger partial charge >= 0.3 is 0 Å². The van der Waals surface area contributed by atoms with Gasteiger partial charge in [-0.1, -0.05) is 42.3 Å². The van der Waals surface area contributed by atoms with Crippen molar-refractivity contribution in [3.05, 3.63) is 35.4 Å². The van der Waals surface area contributed by atoms with Crippen LogP contribution in [-0.4, -0.2) is 18.3 Å². The van der Waals surface area contributed by atoms with Gasteiger partial charge in [-0.15, -0.1) is 0 Å². The van der Waals surface area contributed by atoms with E-state index in [0.717, 1.165) is 32.1 Å². The Labute approximate surface area is 137 Å². The van der Waals surface area contributed by atoms with E-state index < -0.39 is 0 Å². The molecule has 1 saturated carbocycles. The SMILES string of the molecule is N/C(=N\OCC(=O)NC1CCCc2ccccc21)C1CCCC1. The lowest BCUT2D eigenvalue weighted by molar-refractivity contribution is -0.126. The maximum atomic E-state index is 12.1. The van der Waals surface area contributed by atoms with E-state index in [9.17, 15) is 4.79 Å². The van der Waals surface area contributed by atoms with Crippen molar-refractivity contribution < 1.29 is 9.63 Å². The molecule has 3 N–H and O–H groups in total. The van der Waals surface area contributed by atoms with Crippen LogP contribution < -0.4 is 11.1 Å². The molecule has 1 unspecified atom stereocenters. The van der Waals surface area contributed by atoms with Gasteiger partial charge in [0.05, 0.1) is 6.04 Å². The summed E-state index contributed by atoms with van der Waals surface area (Å²) in [6, 6.07) is 8.37. The van der Waals surface area contributed by atoms with Crippen molar-refractivity contribution in [3.8, 4) is 0 Å². The fourth-order valence-electron chi connectivity index (χ4n) is 3.60. The highest BCUT2D eigenvalue weighted by atomic mass is 16.6. The summed E-state index contributed by atoms with van der Waals surface area (Å²) in [4.78, 5) is 17.2. The second kappa shape index (κ2) is 7.49. The molecule has 5 heteroatoms. The molecular formula is C18H25N3O2. The molecule has 23 heavy (non-hydrogen) atoms. The number of carbonyl (C=O) groups excluding carboxylic acids is 1. The molecule has 1 fully saturated rings. The van der Waals surface area contributed by atoms with E-state index >= 15 is 0 Å². The number of nitrogens with zero attached hydrogens (tertiary/aromatic N) is 1. The Bertz CT molecular complexity index is 579. The van der Waals surface area contributed by atoms with Crippen LogP contribution in [0.3, 0.4) is 0 Å². The van der Waals surface area contributed by atoms with Crippen LogP contribution in [-0.2, 0) is 16.1 Å². The minimum absolute atomic E-state index is 0.0761. The van der Waals surface area contributed by atoms with Gasteiger partial charge in [0.25, 0.3) is 5.91 Å². The number of amidine groups is 1. The Kier molecular flexibility index (Phi) is 5.16. The van der Waals surface area contributed by atoms with Crippen molar-refractivity contribution in [2.45, 2.75) is 51.0 Å². The molecule has 0 saturated heterocycles. The third-order valence-corrected chi connectivity index (χ3v) is 4.84. The largest absolute Gasteiger partial charge is 0.384 e. The summed E-state index contributed by atoms with van der Waals surface area (Å²) in [7, 11) is 0. The molecular weight excluding hydrogens is 290 g/mol. The van der Waals surface area contributed by atoms with Crippen molar-refractivity contribution in [1.82, 2.24) is 5.32 Å². The molecule has 3 rings (SSSR count). The summed E-state index contributed by atoms with van der Waals surface area (Å²) in [6.07, 6.45) is 7.69. The third-order valence-electron chi connectivity index (χ3n) is 4.84. The lowest BCUT2D eigenvalue weighted by Crippen LogP contribution is -2.33. The monoisotopic (exact) mass is 315 g/mol. The molecule has 0 bridgehead atoms. The quantitative estimate of drug-likeness (QED) is 0.498.